The average Bonchev–Trinajstić information content (AvgIpc) is 3.51. The fraction of sp³-hybridized carbons (Fsp3) is 0.889. The third kappa shape index (κ3) is 6.53. The first kappa shape index (κ1) is 29.3. The summed E-state index contributed by atoms with van der Waals surface area (Å²) in [5.41, 5.74) is 0. The van der Waals surface area contributed by atoms with Gasteiger partial charge in [-0.05, 0) is 57.9 Å². The first-order valence-electron chi connectivity index (χ1n) is 14.6. The van der Waals surface area contributed by atoms with Gasteiger partial charge in [0.15, 0.2) is 0 Å². The van der Waals surface area contributed by atoms with Crippen molar-refractivity contribution < 1.29 is 22.8 Å². The van der Waals surface area contributed by atoms with E-state index in [-0.39, 0.29) is 30.2 Å². The van der Waals surface area contributed by atoms with Gasteiger partial charge in [-0.3, -0.25) is 14.4 Å². The molecule has 0 bridgehead atoms. The predicted molar refractivity (Wildman–Crippen MR) is 146 cm³/mol. The largest absolute Gasteiger partial charge is 0.355 e. The predicted octanol–water partition coefficient (Wildman–Crippen LogP) is 1.22. The molecule has 3 N–H and O–H groups in total. The summed E-state index contributed by atoms with van der Waals surface area (Å²) in [5, 5.41) is 9.07. The second kappa shape index (κ2) is 12.6. The minimum absolute atomic E-state index is 0.0364. The monoisotopic (exact) mass is 553 g/mol. The van der Waals surface area contributed by atoms with Crippen molar-refractivity contribution >= 4 is 27.7 Å². The van der Waals surface area contributed by atoms with Crippen LogP contribution in [0.15, 0.2) is 0 Å². The number of carbonyl (C=O) groups excluding carboxylic acids is 3. The Morgan fingerprint density at radius 2 is 1.58 bits per heavy atom. The molecule has 0 aromatic heterocycles. The standard InChI is InChI=1S/C27H47N5O5S/c1-18(28-2)25(33)30-23(20-12-8-5-9-13-20)27(35)31-15-14-22-24(31)21(17-32(22)38(3,36)37)26(34)29-16-19-10-6-4-7-11-19/h18-24,28H,4-17H2,1-3H3,(H,29,34)(H,30,33)/t18-,21-,22+,23-,24+/m0/s1. The van der Waals surface area contributed by atoms with Crippen LogP contribution in [0.1, 0.15) is 77.6 Å². The van der Waals surface area contributed by atoms with Crippen molar-refractivity contribution in [2.45, 2.75) is 102 Å². The van der Waals surface area contributed by atoms with Crippen LogP contribution in [-0.4, -0.2) is 92.4 Å². The van der Waals surface area contributed by atoms with E-state index in [1.165, 1.54) is 29.8 Å². The van der Waals surface area contributed by atoms with E-state index in [0.717, 1.165) is 44.9 Å². The molecule has 2 aliphatic heterocycles. The minimum Gasteiger partial charge on any atom is -0.355 e. The van der Waals surface area contributed by atoms with Crippen molar-refractivity contribution in [3.63, 3.8) is 0 Å². The molecular weight excluding hydrogens is 506 g/mol. The maximum atomic E-state index is 14.2. The molecule has 2 saturated carbocycles. The highest BCUT2D eigenvalue weighted by Crippen LogP contribution is 2.39. The van der Waals surface area contributed by atoms with E-state index in [2.05, 4.69) is 16.0 Å². The van der Waals surface area contributed by atoms with Crippen molar-refractivity contribution in [3.05, 3.63) is 0 Å². The Balaban J connectivity index is 1.55. The molecule has 0 spiro atoms. The molecule has 4 aliphatic rings. The summed E-state index contributed by atoms with van der Waals surface area (Å²) in [5.74, 6) is -0.701. The third-order valence-corrected chi connectivity index (χ3v) is 10.7. The summed E-state index contributed by atoms with van der Waals surface area (Å²) in [7, 11) is -1.83. The van der Waals surface area contributed by atoms with Crippen molar-refractivity contribution in [2.24, 2.45) is 17.8 Å². The Labute approximate surface area is 228 Å². The van der Waals surface area contributed by atoms with E-state index < -0.39 is 40.1 Å². The molecule has 2 aliphatic carbocycles. The number of carbonyl (C=O) groups is 3. The summed E-state index contributed by atoms with van der Waals surface area (Å²) in [6.07, 6.45) is 12.4. The van der Waals surface area contributed by atoms with Crippen LogP contribution in [0, 0.1) is 17.8 Å². The van der Waals surface area contributed by atoms with Gasteiger partial charge in [-0.1, -0.05) is 38.5 Å². The van der Waals surface area contributed by atoms with Gasteiger partial charge in [0.1, 0.15) is 6.04 Å². The fourth-order valence-electron chi connectivity index (χ4n) is 7.12. The van der Waals surface area contributed by atoms with Crippen LogP contribution in [0.2, 0.25) is 0 Å². The maximum Gasteiger partial charge on any atom is 0.245 e. The molecule has 216 valence electrons. The summed E-state index contributed by atoms with van der Waals surface area (Å²) >= 11 is 0. The zero-order valence-corrected chi connectivity index (χ0v) is 24.1. The molecule has 0 radical (unpaired) electrons. The van der Waals surface area contributed by atoms with Gasteiger partial charge in [-0.25, -0.2) is 8.42 Å². The highest BCUT2D eigenvalue weighted by Gasteiger charge is 2.56. The van der Waals surface area contributed by atoms with Gasteiger partial charge in [-0.2, -0.15) is 4.31 Å². The van der Waals surface area contributed by atoms with E-state index in [0.29, 0.717) is 25.4 Å². The summed E-state index contributed by atoms with van der Waals surface area (Å²) in [6.45, 7) is 2.83. The van der Waals surface area contributed by atoms with Crippen LogP contribution in [0.4, 0.5) is 0 Å². The normalized spacial score (nSPS) is 29.0. The highest BCUT2D eigenvalue weighted by molar-refractivity contribution is 7.88. The van der Waals surface area contributed by atoms with Gasteiger partial charge in [0, 0.05) is 25.7 Å². The van der Waals surface area contributed by atoms with E-state index in [1.807, 2.05) is 0 Å². The van der Waals surface area contributed by atoms with E-state index in [1.54, 1.807) is 18.9 Å². The summed E-state index contributed by atoms with van der Waals surface area (Å²) in [4.78, 5) is 42.3. The molecule has 38 heavy (non-hydrogen) atoms. The number of likely N-dealkylation sites (tertiary alicyclic amines) is 1. The number of rotatable bonds is 9. The topological polar surface area (TPSA) is 128 Å². The molecular formula is C27H47N5O5S. The van der Waals surface area contributed by atoms with Gasteiger partial charge in [0.25, 0.3) is 0 Å². The molecule has 0 aromatic carbocycles. The molecule has 4 rings (SSSR count). The van der Waals surface area contributed by atoms with E-state index >= 15 is 0 Å². The third-order valence-electron chi connectivity index (χ3n) is 9.43. The van der Waals surface area contributed by atoms with E-state index in [9.17, 15) is 22.8 Å². The Morgan fingerprint density at radius 3 is 2.18 bits per heavy atom. The van der Waals surface area contributed by atoms with Gasteiger partial charge in [0.2, 0.25) is 27.7 Å². The molecule has 0 unspecified atom stereocenters. The first-order chi connectivity index (χ1) is 18.1. The molecule has 5 atom stereocenters. The quantitative estimate of drug-likeness (QED) is 0.394. The smallest absolute Gasteiger partial charge is 0.245 e. The average molecular weight is 554 g/mol. The zero-order chi connectivity index (χ0) is 27.4. The lowest BCUT2D eigenvalue weighted by Gasteiger charge is -2.36. The van der Waals surface area contributed by atoms with Crippen LogP contribution >= 0.6 is 0 Å². The zero-order valence-electron chi connectivity index (χ0n) is 23.3. The summed E-state index contributed by atoms with van der Waals surface area (Å²) in [6, 6.07) is -2.05. The molecule has 0 aromatic rings. The van der Waals surface area contributed by atoms with Gasteiger partial charge in [0.05, 0.1) is 24.3 Å². The van der Waals surface area contributed by atoms with Gasteiger partial charge >= 0.3 is 0 Å². The lowest BCUT2D eigenvalue weighted by atomic mass is 9.83. The Bertz CT molecular complexity index is 963. The van der Waals surface area contributed by atoms with Crippen LogP contribution in [0.5, 0.6) is 0 Å². The Morgan fingerprint density at radius 1 is 0.947 bits per heavy atom. The number of nitrogens with zero attached hydrogens (tertiary/aromatic N) is 2. The van der Waals surface area contributed by atoms with E-state index in [4.69, 9.17) is 0 Å². The van der Waals surface area contributed by atoms with Crippen LogP contribution in [0.25, 0.3) is 0 Å². The van der Waals surface area contributed by atoms with Crippen LogP contribution in [-0.2, 0) is 24.4 Å². The molecule has 4 fully saturated rings. The number of hydrogen-bond acceptors (Lipinski definition) is 6. The SMILES string of the molecule is CN[C@@H](C)C(=O)N[C@H](C(=O)N1CC[C@@H]2[C@H]1[C@@H](C(=O)NCC1CCCCC1)CN2S(C)(=O)=O)C1CCCCC1. The number of fused-ring (bicyclic) bond motifs is 1. The highest BCUT2D eigenvalue weighted by atomic mass is 32.2. The Kier molecular flexibility index (Phi) is 9.73. The Hall–Kier alpha value is -1.72. The number of hydrogen-bond donors (Lipinski definition) is 3. The van der Waals surface area contributed by atoms with Crippen molar-refractivity contribution in [3.8, 4) is 0 Å². The number of sulfonamides is 1. The molecule has 10 nitrogen and oxygen atoms in total. The second-order valence-electron chi connectivity index (χ2n) is 12.0. The molecule has 2 heterocycles. The number of likely N-dealkylation sites (N-methyl/N-ethyl adjacent to an activating group) is 1. The van der Waals surface area contributed by atoms with Crippen LogP contribution < -0.4 is 16.0 Å². The lowest BCUT2D eigenvalue weighted by molar-refractivity contribution is -0.141. The molecule has 3 amide bonds. The second-order valence-corrected chi connectivity index (χ2v) is 13.9. The summed E-state index contributed by atoms with van der Waals surface area (Å²) < 4.78 is 26.8. The van der Waals surface area contributed by atoms with Gasteiger partial charge < -0.3 is 20.9 Å². The van der Waals surface area contributed by atoms with Crippen LogP contribution in [0.3, 0.4) is 0 Å². The molecule has 11 heteroatoms. The molecule has 2 saturated heterocycles. The fourth-order valence-corrected chi connectivity index (χ4v) is 8.27. The lowest BCUT2D eigenvalue weighted by Crippen LogP contribution is -2.58. The van der Waals surface area contributed by atoms with Crippen molar-refractivity contribution in [1.82, 2.24) is 25.2 Å². The van der Waals surface area contributed by atoms with Crippen molar-refractivity contribution in [2.75, 3.05) is 32.9 Å². The number of amides is 3. The van der Waals surface area contributed by atoms with Gasteiger partial charge in [-0.15, -0.1) is 0 Å². The number of nitrogens with one attached hydrogen (secondary N) is 3. The van der Waals surface area contributed by atoms with Crippen molar-refractivity contribution in [1.29, 1.82) is 0 Å². The minimum atomic E-state index is -3.54. The maximum absolute atomic E-state index is 14.2. The first-order valence-corrected chi connectivity index (χ1v) is 16.5.